The van der Waals surface area contributed by atoms with Crippen LogP contribution >= 0.6 is 11.3 Å². The molecule has 1 amide bonds. The highest BCUT2D eigenvalue weighted by atomic mass is 32.1. The molecular formula is C15H12F3NO4S. The maximum Gasteiger partial charge on any atom is 0.573 e. The predicted molar refractivity (Wildman–Crippen MR) is 81.1 cm³/mol. The second-order valence-corrected chi connectivity index (χ2v) is 5.89. The van der Waals surface area contributed by atoms with Crippen LogP contribution in [0, 0.1) is 6.92 Å². The van der Waals surface area contributed by atoms with Gasteiger partial charge in [-0.15, -0.1) is 24.5 Å². The van der Waals surface area contributed by atoms with E-state index in [2.05, 4.69) is 10.1 Å². The smallest absolute Gasteiger partial charge is 0.451 e. The molecule has 0 unspecified atom stereocenters. The molecule has 1 aromatic heterocycles. The van der Waals surface area contributed by atoms with Crippen LogP contribution in [0.2, 0.25) is 0 Å². The Hall–Kier alpha value is -2.55. The summed E-state index contributed by atoms with van der Waals surface area (Å²) >= 11 is 1.25. The summed E-state index contributed by atoms with van der Waals surface area (Å²) in [6.07, 6.45) is -4.78. The molecular weight excluding hydrogens is 347 g/mol. The molecule has 2 rings (SSSR count). The third kappa shape index (κ3) is 5.58. The van der Waals surface area contributed by atoms with E-state index in [1.54, 1.807) is 12.1 Å². The monoisotopic (exact) mass is 359 g/mol. The van der Waals surface area contributed by atoms with Crippen LogP contribution in [-0.4, -0.2) is 24.8 Å². The Balaban J connectivity index is 1.83. The van der Waals surface area contributed by atoms with E-state index in [0.29, 0.717) is 4.88 Å². The van der Waals surface area contributed by atoms with Gasteiger partial charge in [0, 0.05) is 10.6 Å². The molecule has 9 heteroatoms. The first-order valence-electron chi connectivity index (χ1n) is 6.62. The number of hydrogen-bond acceptors (Lipinski definition) is 5. The molecule has 0 bridgehead atoms. The number of hydrogen-bond donors (Lipinski definition) is 1. The molecule has 1 N–H and O–H groups in total. The third-order valence-corrected chi connectivity index (χ3v) is 3.63. The van der Waals surface area contributed by atoms with Gasteiger partial charge < -0.3 is 14.8 Å². The topological polar surface area (TPSA) is 64.6 Å². The van der Waals surface area contributed by atoms with E-state index in [0.717, 1.165) is 17.0 Å². The zero-order valence-electron chi connectivity index (χ0n) is 12.3. The lowest BCUT2D eigenvalue weighted by atomic mass is 10.3. The van der Waals surface area contributed by atoms with Gasteiger partial charge in [-0.25, -0.2) is 4.79 Å². The van der Waals surface area contributed by atoms with Gasteiger partial charge in [-0.05, 0) is 43.3 Å². The largest absolute Gasteiger partial charge is 0.573 e. The fourth-order valence-electron chi connectivity index (χ4n) is 1.68. The second-order valence-electron chi connectivity index (χ2n) is 4.61. The third-order valence-electron chi connectivity index (χ3n) is 2.65. The first kappa shape index (κ1) is 17.8. The van der Waals surface area contributed by atoms with Crippen molar-refractivity contribution in [2.45, 2.75) is 13.3 Å². The first-order valence-corrected chi connectivity index (χ1v) is 7.44. The normalized spacial score (nSPS) is 11.0. The number of aryl methyl sites for hydroxylation is 1. The Morgan fingerprint density at radius 1 is 1.12 bits per heavy atom. The summed E-state index contributed by atoms with van der Waals surface area (Å²) in [4.78, 5) is 24.7. The van der Waals surface area contributed by atoms with Crippen LogP contribution in [0.1, 0.15) is 14.5 Å². The number of carbonyl (C=O) groups excluding carboxylic acids is 2. The molecule has 5 nitrogen and oxygen atoms in total. The Morgan fingerprint density at radius 3 is 2.33 bits per heavy atom. The lowest BCUT2D eigenvalue weighted by Crippen LogP contribution is -2.20. The van der Waals surface area contributed by atoms with Gasteiger partial charge in [0.15, 0.2) is 6.61 Å². The number of amides is 1. The molecule has 1 aromatic carbocycles. The summed E-state index contributed by atoms with van der Waals surface area (Å²) in [7, 11) is 0. The van der Waals surface area contributed by atoms with Crippen molar-refractivity contribution in [2.24, 2.45) is 0 Å². The lowest BCUT2D eigenvalue weighted by Gasteiger charge is -2.10. The summed E-state index contributed by atoms with van der Waals surface area (Å²) in [5.41, 5.74) is 0.248. The molecule has 0 spiro atoms. The number of alkyl halides is 3. The van der Waals surface area contributed by atoms with Gasteiger partial charge in [0.25, 0.3) is 5.91 Å². The van der Waals surface area contributed by atoms with Gasteiger partial charge in [-0.2, -0.15) is 0 Å². The van der Waals surface area contributed by atoms with E-state index in [1.807, 2.05) is 6.92 Å². The minimum atomic E-state index is -4.78. The number of carbonyl (C=O) groups is 2. The summed E-state index contributed by atoms with van der Waals surface area (Å²) in [5, 5.41) is 2.39. The molecule has 128 valence electrons. The summed E-state index contributed by atoms with van der Waals surface area (Å²) in [5.74, 6) is -1.63. The molecule has 0 aliphatic carbocycles. The van der Waals surface area contributed by atoms with Gasteiger partial charge in [0.2, 0.25) is 0 Å². The standard InChI is InChI=1S/C15H12F3NO4S/c1-9-2-7-12(24-9)14(21)22-8-13(20)19-10-3-5-11(6-4-10)23-15(16,17)18/h2-7H,8H2,1H3,(H,19,20). The molecule has 0 saturated carbocycles. The highest BCUT2D eigenvalue weighted by Crippen LogP contribution is 2.24. The van der Waals surface area contributed by atoms with Crippen molar-refractivity contribution in [1.29, 1.82) is 0 Å². The van der Waals surface area contributed by atoms with Gasteiger partial charge in [0.1, 0.15) is 10.6 Å². The maximum absolute atomic E-state index is 12.0. The number of halogens is 3. The molecule has 24 heavy (non-hydrogen) atoms. The van der Waals surface area contributed by atoms with Crippen LogP contribution in [0.15, 0.2) is 36.4 Å². The maximum atomic E-state index is 12.0. The Labute approximate surface area is 139 Å². The molecule has 0 saturated heterocycles. The molecule has 0 aliphatic rings. The van der Waals surface area contributed by atoms with Gasteiger partial charge in [-0.3, -0.25) is 4.79 Å². The summed E-state index contributed by atoms with van der Waals surface area (Å²) < 4.78 is 44.7. The van der Waals surface area contributed by atoms with Crippen LogP contribution in [0.3, 0.4) is 0 Å². The highest BCUT2D eigenvalue weighted by Gasteiger charge is 2.30. The highest BCUT2D eigenvalue weighted by molar-refractivity contribution is 7.13. The van der Waals surface area contributed by atoms with Crippen LogP contribution in [-0.2, 0) is 9.53 Å². The van der Waals surface area contributed by atoms with E-state index >= 15 is 0 Å². The number of rotatable bonds is 5. The van der Waals surface area contributed by atoms with Crippen molar-refractivity contribution in [3.8, 4) is 5.75 Å². The van der Waals surface area contributed by atoms with Crippen molar-refractivity contribution in [3.05, 3.63) is 46.2 Å². The van der Waals surface area contributed by atoms with Crippen molar-refractivity contribution in [1.82, 2.24) is 0 Å². The zero-order valence-corrected chi connectivity index (χ0v) is 13.2. The molecule has 0 fully saturated rings. The zero-order chi connectivity index (χ0) is 17.7. The quantitative estimate of drug-likeness (QED) is 0.826. The molecule has 0 atom stereocenters. The number of nitrogens with one attached hydrogen (secondary N) is 1. The van der Waals surface area contributed by atoms with Gasteiger partial charge >= 0.3 is 12.3 Å². The second kappa shape index (κ2) is 7.35. The van der Waals surface area contributed by atoms with E-state index in [4.69, 9.17) is 4.74 Å². The van der Waals surface area contributed by atoms with Crippen molar-refractivity contribution < 1.29 is 32.2 Å². The summed E-state index contributed by atoms with van der Waals surface area (Å²) in [6, 6.07) is 7.95. The molecule has 1 heterocycles. The number of ether oxygens (including phenoxy) is 2. The average Bonchev–Trinajstić information content (AvgIpc) is 2.92. The van der Waals surface area contributed by atoms with Crippen molar-refractivity contribution >= 4 is 28.9 Å². The Kier molecular flexibility index (Phi) is 5.45. The van der Waals surface area contributed by atoms with E-state index in [9.17, 15) is 22.8 Å². The molecule has 0 radical (unpaired) electrons. The first-order chi connectivity index (χ1) is 11.2. The lowest BCUT2D eigenvalue weighted by molar-refractivity contribution is -0.274. The Bertz CT molecular complexity index is 725. The van der Waals surface area contributed by atoms with Crippen molar-refractivity contribution in [2.75, 3.05) is 11.9 Å². The number of benzene rings is 1. The minimum absolute atomic E-state index is 0.248. The molecule has 0 aliphatic heterocycles. The number of esters is 1. The SMILES string of the molecule is Cc1ccc(C(=O)OCC(=O)Nc2ccc(OC(F)(F)F)cc2)s1. The van der Waals surface area contributed by atoms with Gasteiger partial charge in [-0.1, -0.05) is 0 Å². The minimum Gasteiger partial charge on any atom is -0.451 e. The number of thiophene rings is 1. The fourth-order valence-corrected chi connectivity index (χ4v) is 2.44. The summed E-state index contributed by atoms with van der Waals surface area (Å²) in [6.45, 7) is 1.33. The fraction of sp³-hybridized carbons (Fsp3) is 0.200. The van der Waals surface area contributed by atoms with E-state index in [1.165, 1.54) is 23.5 Å². The van der Waals surface area contributed by atoms with Crippen LogP contribution < -0.4 is 10.1 Å². The Morgan fingerprint density at radius 2 is 1.79 bits per heavy atom. The van der Waals surface area contributed by atoms with E-state index in [-0.39, 0.29) is 5.69 Å². The molecule has 2 aromatic rings. The van der Waals surface area contributed by atoms with Crippen LogP contribution in [0.5, 0.6) is 5.75 Å². The number of anilines is 1. The van der Waals surface area contributed by atoms with Crippen LogP contribution in [0.25, 0.3) is 0 Å². The van der Waals surface area contributed by atoms with Gasteiger partial charge in [0.05, 0.1) is 0 Å². The average molecular weight is 359 g/mol. The van der Waals surface area contributed by atoms with E-state index < -0.39 is 30.6 Å². The predicted octanol–water partition coefficient (Wildman–Crippen LogP) is 3.75. The van der Waals surface area contributed by atoms with Crippen LogP contribution in [0.4, 0.5) is 18.9 Å². The van der Waals surface area contributed by atoms with Crippen molar-refractivity contribution in [3.63, 3.8) is 0 Å².